The predicted molar refractivity (Wildman–Crippen MR) is 55.5 cm³/mol. The summed E-state index contributed by atoms with van der Waals surface area (Å²) in [5, 5.41) is 9.30. The van der Waals surface area contributed by atoms with Crippen molar-refractivity contribution in [3.63, 3.8) is 0 Å². The molecule has 0 radical (unpaired) electrons. The van der Waals surface area contributed by atoms with Gasteiger partial charge in [-0.2, -0.15) is 0 Å². The molecular formula is C10H13ClO3. The van der Waals surface area contributed by atoms with Crippen molar-refractivity contribution in [2.45, 2.75) is 6.42 Å². The molecule has 0 aliphatic heterocycles. The van der Waals surface area contributed by atoms with Crippen LogP contribution in [0, 0.1) is 0 Å². The molecule has 0 heterocycles. The van der Waals surface area contributed by atoms with E-state index in [1.54, 1.807) is 12.1 Å². The maximum atomic E-state index is 9.30. The Balaban J connectivity index is 2.60. The molecule has 0 unspecified atom stereocenters. The van der Waals surface area contributed by atoms with E-state index >= 15 is 0 Å². The number of phenols is 1. The molecule has 0 atom stereocenters. The van der Waals surface area contributed by atoms with E-state index in [1.165, 1.54) is 13.2 Å². The molecule has 0 spiro atoms. The third kappa shape index (κ3) is 3.00. The Morgan fingerprint density at radius 2 is 2.21 bits per heavy atom. The molecule has 0 fully saturated rings. The lowest BCUT2D eigenvalue weighted by Crippen LogP contribution is -1.97. The van der Waals surface area contributed by atoms with Gasteiger partial charge in [0.2, 0.25) is 0 Å². The molecule has 3 nitrogen and oxygen atoms in total. The van der Waals surface area contributed by atoms with Crippen LogP contribution in [0.5, 0.6) is 17.2 Å². The summed E-state index contributed by atoms with van der Waals surface area (Å²) in [6, 6.07) is 4.87. The fourth-order valence-electron chi connectivity index (χ4n) is 0.992. The van der Waals surface area contributed by atoms with Gasteiger partial charge in [-0.15, -0.1) is 11.6 Å². The molecule has 0 saturated heterocycles. The van der Waals surface area contributed by atoms with Crippen LogP contribution in [0.1, 0.15) is 6.42 Å². The summed E-state index contributed by atoms with van der Waals surface area (Å²) in [5.74, 6) is 1.77. The van der Waals surface area contributed by atoms with Gasteiger partial charge < -0.3 is 14.6 Å². The number of halogens is 1. The highest BCUT2D eigenvalue weighted by Crippen LogP contribution is 2.29. The molecule has 0 amide bonds. The predicted octanol–water partition coefficient (Wildman–Crippen LogP) is 2.41. The van der Waals surface area contributed by atoms with E-state index in [4.69, 9.17) is 21.1 Å². The van der Waals surface area contributed by atoms with Crippen LogP contribution in [-0.4, -0.2) is 24.7 Å². The van der Waals surface area contributed by atoms with Crippen LogP contribution in [0.25, 0.3) is 0 Å². The number of methoxy groups -OCH3 is 1. The fourth-order valence-corrected chi connectivity index (χ4v) is 1.10. The number of hydrogen-bond donors (Lipinski definition) is 1. The van der Waals surface area contributed by atoms with Crippen molar-refractivity contribution in [2.24, 2.45) is 0 Å². The maximum absolute atomic E-state index is 9.30. The summed E-state index contributed by atoms with van der Waals surface area (Å²) in [4.78, 5) is 0. The Bertz CT molecular complexity index is 289. The van der Waals surface area contributed by atoms with E-state index in [1.807, 2.05) is 0 Å². The van der Waals surface area contributed by atoms with Crippen LogP contribution in [0.4, 0.5) is 0 Å². The van der Waals surface area contributed by atoms with Crippen LogP contribution in [0.3, 0.4) is 0 Å². The first-order chi connectivity index (χ1) is 6.77. The van der Waals surface area contributed by atoms with Crippen molar-refractivity contribution in [3.8, 4) is 17.2 Å². The van der Waals surface area contributed by atoms with Crippen LogP contribution in [-0.2, 0) is 0 Å². The van der Waals surface area contributed by atoms with Crippen molar-refractivity contribution in [1.29, 1.82) is 0 Å². The normalized spacial score (nSPS) is 9.86. The minimum absolute atomic E-state index is 0.109. The Morgan fingerprint density at radius 1 is 1.43 bits per heavy atom. The first kappa shape index (κ1) is 11.0. The number of rotatable bonds is 5. The molecule has 0 saturated carbocycles. The second-order valence-electron chi connectivity index (χ2n) is 2.72. The van der Waals surface area contributed by atoms with Crippen molar-refractivity contribution in [3.05, 3.63) is 18.2 Å². The van der Waals surface area contributed by atoms with E-state index in [9.17, 15) is 5.11 Å². The van der Waals surface area contributed by atoms with Crippen LogP contribution in [0.2, 0.25) is 0 Å². The minimum atomic E-state index is 0.109. The summed E-state index contributed by atoms with van der Waals surface area (Å²) in [5.41, 5.74) is 0. The van der Waals surface area contributed by atoms with E-state index in [0.29, 0.717) is 24.0 Å². The molecule has 0 aromatic heterocycles. The monoisotopic (exact) mass is 216 g/mol. The van der Waals surface area contributed by atoms with Gasteiger partial charge in [-0.1, -0.05) is 0 Å². The molecule has 1 N–H and O–H groups in total. The maximum Gasteiger partial charge on any atom is 0.164 e. The Kier molecular flexibility index (Phi) is 4.40. The Labute approximate surface area is 88.2 Å². The van der Waals surface area contributed by atoms with Gasteiger partial charge in [-0.25, -0.2) is 0 Å². The molecule has 1 aromatic carbocycles. The quantitative estimate of drug-likeness (QED) is 0.607. The number of alkyl halides is 1. The van der Waals surface area contributed by atoms with Crippen molar-refractivity contribution in [1.82, 2.24) is 0 Å². The number of ether oxygens (including phenoxy) is 2. The van der Waals surface area contributed by atoms with Crippen molar-refractivity contribution in [2.75, 3.05) is 19.6 Å². The summed E-state index contributed by atoms with van der Waals surface area (Å²) in [7, 11) is 1.50. The molecule has 1 rings (SSSR count). The molecule has 0 bridgehead atoms. The average molecular weight is 217 g/mol. The molecule has 14 heavy (non-hydrogen) atoms. The highest BCUT2D eigenvalue weighted by Gasteiger charge is 2.02. The van der Waals surface area contributed by atoms with Gasteiger partial charge in [0, 0.05) is 11.9 Å². The van der Waals surface area contributed by atoms with Gasteiger partial charge in [-0.3, -0.25) is 0 Å². The minimum Gasteiger partial charge on any atom is -0.504 e. The molecule has 4 heteroatoms. The zero-order chi connectivity index (χ0) is 10.4. The van der Waals surface area contributed by atoms with Gasteiger partial charge in [0.25, 0.3) is 0 Å². The van der Waals surface area contributed by atoms with Crippen LogP contribution >= 0.6 is 11.6 Å². The topological polar surface area (TPSA) is 38.7 Å². The highest BCUT2D eigenvalue weighted by atomic mass is 35.5. The Morgan fingerprint density at radius 3 is 2.86 bits per heavy atom. The molecule has 0 aliphatic carbocycles. The third-order valence-corrected chi connectivity index (χ3v) is 1.97. The molecule has 1 aromatic rings. The zero-order valence-corrected chi connectivity index (χ0v) is 8.75. The van der Waals surface area contributed by atoms with Gasteiger partial charge in [0.1, 0.15) is 5.75 Å². The van der Waals surface area contributed by atoms with Gasteiger partial charge >= 0.3 is 0 Å². The van der Waals surface area contributed by atoms with E-state index in [2.05, 4.69) is 0 Å². The Hall–Kier alpha value is -1.09. The smallest absolute Gasteiger partial charge is 0.164 e. The van der Waals surface area contributed by atoms with Crippen molar-refractivity contribution < 1.29 is 14.6 Å². The third-order valence-electron chi connectivity index (χ3n) is 1.70. The second kappa shape index (κ2) is 5.60. The highest BCUT2D eigenvalue weighted by molar-refractivity contribution is 6.17. The molecular weight excluding hydrogens is 204 g/mol. The largest absolute Gasteiger partial charge is 0.504 e. The number of benzene rings is 1. The van der Waals surface area contributed by atoms with Gasteiger partial charge in [-0.05, 0) is 18.6 Å². The first-order valence-electron chi connectivity index (χ1n) is 4.33. The second-order valence-corrected chi connectivity index (χ2v) is 3.10. The lowest BCUT2D eigenvalue weighted by molar-refractivity contribution is 0.312. The number of phenolic OH excluding ortho intramolecular Hbond substituents is 1. The zero-order valence-electron chi connectivity index (χ0n) is 8.00. The lowest BCUT2D eigenvalue weighted by Gasteiger charge is -2.07. The summed E-state index contributed by atoms with van der Waals surface area (Å²) in [6.45, 7) is 0.567. The van der Waals surface area contributed by atoms with Crippen molar-refractivity contribution >= 4 is 11.6 Å². The summed E-state index contributed by atoms with van der Waals surface area (Å²) < 4.78 is 10.3. The molecule has 78 valence electrons. The van der Waals surface area contributed by atoms with Crippen LogP contribution < -0.4 is 9.47 Å². The van der Waals surface area contributed by atoms with Crippen LogP contribution in [0.15, 0.2) is 18.2 Å². The number of aromatic hydroxyl groups is 1. The summed E-state index contributed by atoms with van der Waals surface area (Å²) >= 11 is 5.51. The van der Waals surface area contributed by atoms with Gasteiger partial charge in [0.15, 0.2) is 11.5 Å². The van der Waals surface area contributed by atoms with E-state index in [-0.39, 0.29) is 5.75 Å². The standard InChI is InChI=1S/C10H13ClO3/c1-13-10-7-8(3-4-9(10)12)14-6-2-5-11/h3-4,7,12H,2,5-6H2,1H3. The average Bonchev–Trinajstić information content (AvgIpc) is 2.21. The summed E-state index contributed by atoms with van der Waals surface area (Å²) in [6.07, 6.45) is 0.796. The van der Waals surface area contributed by atoms with E-state index in [0.717, 1.165) is 6.42 Å². The fraction of sp³-hybridized carbons (Fsp3) is 0.400. The molecule has 0 aliphatic rings. The lowest BCUT2D eigenvalue weighted by atomic mass is 10.3. The number of hydrogen-bond acceptors (Lipinski definition) is 3. The van der Waals surface area contributed by atoms with Gasteiger partial charge in [0.05, 0.1) is 13.7 Å². The van der Waals surface area contributed by atoms with E-state index < -0.39 is 0 Å². The first-order valence-corrected chi connectivity index (χ1v) is 4.87. The SMILES string of the molecule is COc1cc(OCCCCl)ccc1O.